The highest BCUT2D eigenvalue weighted by atomic mass is 32.2. The van der Waals surface area contributed by atoms with E-state index in [0.717, 1.165) is 27.6 Å². The lowest BCUT2D eigenvalue weighted by molar-refractivity contribution is 0.0958. The largest absolute Gasteiger partial charge is 0.451 e. The molecule has 1 unspecified atom stereocenters. The summed E-state index contributed by atoms with van der Waals surface area (Å²) >= 11 is 0. The number of fused-ring (bicyclic) bond motifs is 1. The third kappa shape index (κ3) is 3.96. The van der Waals surface area contributed by atoms with Gasteiger partial charge in [-0.25, -0.2) is 4.21 Å². The summed E-state index contributed by atoms with van der Waals surface area (Å²) in [5.74, 6) is -0.431. The molecule has 0 spiro atoms. The van der Waals surface area contributed by atoms with Crippen LogP contribution in [-0.2, 0) is 11.0 Å². The van der Waals surface area contributed by atoms with Gasteiger partial charge in [0.05, 0.1) is 4.90 Å². The Kier molecular flexibility index (Phi) is 5.35. The zero-order valence-electron chi connectivity index (χ0n) is 16.9. The summed E-state index contributed by atoms with van der Waals surface area (Å²) in [6.07, 6.45) is 3.48. The highest BCUT2D eigenvalue weighted by molar-refractivity contribution is 7.83. The van der Waals surface area contributed by atoms with Crippen molar-refractivity contribution in [3.8, 4) is 22.3 Å². The van der Waals surface area contributed by atoms with Crippen molar-refractivity contribution in [2.75, 3.05) is 0 Å². The Bertz CT molecular complexity index is 1430. The van der Waals surface area contributed by atoms with E-state index in [9.17, 15) is 9.00 Å². The number of carbonyl (C=O) groups is 1. The van der Waals surface area contributed by atoms with E-state index in [1.165, 1.54) is 0 Å². The van der Waals surface area contributed by atoms with Crippen molar-refractivity contribution in [2.45, 2.75) is 4.90 Å². The lowest BCUT2D eigenvalue weighted by atomic mass is 10.1. The monoisotopic (exact) mass is 438 g/mol. The quantitative estimate of drug-likeness (QED) is 0.387. The van der Waals surface area contributed by atoms with E-state index in [1.807, 2.05) is 72.8 Å². The first-order valence-corrected chi connectivity index (χ1v) is 11.2. The van der Waals surface area contributed by atoms with Crippen LogP contribution >= 0.6 is 0 Å². The van der Waals surface area contributed by atoms with E-state index in [-0.39, 0.29) is 5.76 Å². The van der Waals surface area contributed by atoms with E-state index >= 15 is 0 Å². The third-order valence-corrected chi connectivity index (χ3v) is 6.22. The summed E-state index contributed by atoms with van der Waals surface area (Å²) < 4.78 is 21.3. The average Bonchev–Trinajstić information content (AvgIpc) is 3.29. The van der Waals surface area contributed by atoms with Gasteiger partial charge < -0.3 is 4.42 Å². The molecule has 0 aliphatic heterocycles. The smallest absolute Gasteiger partial charge is 0.298 e. The van der Waals surface area contributed by atoms with Gasteiger partial charge in [-0.05, 0) is 41.0 Å². The first-order valence-electron chi connectivity index (χ1n) is 10.0. The van der Waals surface area contributed by atoms with Crippen LogP contribution in [0.1, 0.15) is 10.6 Å². The second-order valence-corrected chi connectivity index (χ2v) is 8.35. The van der Waals surface area contributed by atoms with Crippen molar-refractivity contribution in [1.82, 2.24) is 9.71 Å². The Morgan fingerprint density at radius 1 is 0.812 bits per heavy atom. The normalized spacial score (nSPS) is 11.9. The van der Waals surface area contributed by atoms with Gasteiger partial charge in [-0.1, -0.05) is 66.7 Å². The van der Waals surface area contributed by atoms with E-state index in [4.69, 9.17) is 4.42 Å². The predicted octanol–water partition coefficient (Wildman–Crippen LogP) is 5.61. The Morgan fingerprint density at radius 3 is 2.41 bits per heavy atom. The molecule has 0 aliphatic carbocycles. The van der Waals surface area contributed by atoms with E-state index in [0.29, 0.717) is 10.5 Å². The SMILES string of the molecule is O=C(NS(=O)c1ccccc1-c1ccccc1)c1cc2ccc(-c3cccnc3)cc2o1. The van der Waals surface area contributed by atoms with E-state index < -0.39 is 16.9 Å². The minimum atomic E-state index is -1.75. The molecule has 3 aromatic carbocycles. The number of amides is 1. The molecule has 5 rings (SSSR count). The molecule has 2 heterocycles. The van der Waals surface area contributed by atoms with E-state index in [2.05, 4.69) is 9.71 Å². The summed E-state index contributed by atoms with van der Waals surface area (Å²) in [4.78, 5) is 17.5. The topological polar surface area (TPSA) is 72.2 Å². The summed E-state index contributed by atoms with van der Waals surface area (Å²) in [7, 11) is -1.75. The molecule has 0 aliphatic rings. The van der Waals surface area contributed by atoms with Gasteiger partial charge in [0.2, 0.25) is 0 Å². The molecule has 5 nitrogen and oxygen atoms in total. The van der Waals surface area contributed by atoms with Gasteiger partial charge in [-0.15, -0.1) is 0 Å². The molecule has 0 fully saturated rings. The Balaban J connectivity index is 1.40. The average molecular weight is 439 g/mol. The molecule has 1 N–H and O–H groups in total. The Hall–Kier alpha value is -4.03. The number of nitrogens with zero attached hydrogens (tertiary/aromatic N) is 1. The van der Waals surface area contributed by atoms with Crippen molar-refractivity contribution < 1.29 is 13.4 Å². The van der Waals surface area contributed by atoms with Crippen LogP contribution in [0.15, 0.2) is 113 Å². The molecule has 32 heavy (non-hydrogen) atoms. The standard InChI is InChI=1S/C26H18N2O3S/c29-26(28-32(30)25-11-5-4-10-22(25)18-7-2-1-3-8-18)24-16-20-13-12-19(15-23(20)31-24)21-9-6-14-27-17-21/h1-17H,(H,28,29). The maximum absolute atomic E-state index is 13.0. The summed E-state index contributed by atoms with van der Waals surface area (Å²) in [6, 6.07) is 28.1. The fraction of sp³-hybridized carbons (Fsp3) is 0. The number of pyridine rings is 1. The lowest BCUT2D eigenvalue weighted by Gasteiger charge is -2.09. The number of rotatable bonds is 5. The molecule has 156 valence electrons. The third-order valence-electron chi connectivity index (χ3n) is 5.10. The maximum atomic E-state index is 13.0. The highest BCUT2D eigenvalue weighted by Crippen LogP contribution is 2.28. The van der Waals surface area contributed by atoms with E-state index in [1.54, 1.807) is 30.6 Å². The summed E-state index contributed by atoms with van der Waals surface area (Å²) in [5, 5.41) is 0.790. The summed E-state index contributed by atoms with van der Waals surface area (Å²) in [5.41, 5.74) is 4.20. The lowest BCUT2D eigenvalue weighted by Crippen LogP contribution is -2.25. The minimum Gasteiger partial charge on any atom is -0.451 e. The summed E-state index contributed by atoms with van der Waals surface area (Å²) in [6.45, 7) is 0. The molecule has 0 bridgehead atoms. The number of benzene rings is 3. The highest BCUT2D eigenvalue weighted by Gasteiger charge is 2.18. The van der Waals surface area contributed by atoms with Gasteiger partial charge in [0, 0.05) is 23.3 Å². The fourth-order valence-corrected chi connectivity index (χ4v) is 4.50. The van der Waals surface area contributed by atoms with Crippen LogP contribution in [0.5, 0.6) is 0 Å². The Morgan fingerprint density at radius 2 is 1.59 bits per heavy atom. The van der Waals surface area contributed by atoms with Crippen LogP contribution in [0.3, 0.4) is 0 Å². The van der Waals surface area contributed by atoms with Crippen LogP contribution in [-0.4, -0.2) is 15.1 Å². The van der Waals surface area contributed by atoms with Gasteiger partial charge in [0.25, 0.3) is 5.91 Å². The molecule has 1 atom stereocenters. The van der Waals surface area contributed by atoms with Crippen LogP contribution in [0.4, 0.5) is 0 Å². The second-order valence-electron chi connectivity index (χ2n) is 7.17. The number of furan rings is 1. The number of aromatic nitrogens is 1. The molecule has 1 amide bonds. The Labute approximate surface area is 187 Å². The van der Waals surface area contributed by atoms with Gasteiger partial charge >= 0.3 is 0 Å². The second kappa shape index (κ2) is 8.61. The van der Waals surface area contributed by atoms with Gasteiger partial charge in [-0.2, -0.15) is 0 Å². The van der Waals surface area contributed by atoms with Crippen LogP contribution < -0.4 is 4.72 Å². The molecule has 5 aromatic rings. The van der Waals surface area contributed by atoms with Gasteiger partial charge in [0.15, 0.2) is 16.7 Å². The fourth-order valence-electron chi connectivity index (χ4n) is 3.53. The molecular formula is C26H18N2O3S. The molecule has 0 saturated carbocycles. The first kappa shape index (κ1) is 19.9. The number of nitrogens with one attached hydrogen (secondary N) is 1. The number of carbonyl (C=O) groups excluding carboxylic acids is 1. The number of hydrogen-bond acceptors (Lipinski definition) is 4. The van der Waals surface area contributed by atoms with Crippen LogP contribution in [0.2, 0.25) is 0 Å². The van der Waals surface area contributed by atoms with Gasteiger partial charge in [-0.3, -0.25) is 14.5 Å². The molecular weight excluding hydrogens is 420 g/mol. The zero-order valence-corrected chi connectivity index (χ0v) is 17.7. The molecule has 6 heteroatoms. The first-order chi connectivity index (χ1) is 15.7. The maximum Gasteiger partial charge on any atom is 0.298 e. The van der Waals surface area contributed by atoms with Crippen LogP contribution in [0, 0.1) is 0 Å². The molecule has 0 radical (unpaired) electrons. The molecule has 0 saturated heterocycles. The zero-order chi connectivity index (χ0) is 21.9. The minimum absolute atomic E-state index is 0.105. The van der Waals surface area contributed by atoms with Crippen molar-refractivity contribution in [1.29, 1.82) is 0 Å². The molecule has 2 aromatic heterocycles. The van der Waals surface area contributed by atoms with Crippen molar-refractivity contribution in [3.63, 3.8) is 0 Å². The number of hydrogen-bond donors (Lipinski definition) is 1. The predicted molar refractivity (Wildman–Crippen MR) is 125 cm³/mol. The van der Waals surface area contributed by atoms with Gasteiger partial charge in [0.1, 0.15) is 5.58 Å². The van der Waals surface area contributed by atoms with Crippen molar-refractivity contribution in [2.24, 2.45) is 0 Å². The van der Waals surface area contributed by atoms with Crippen molar-refractivity contribution in [3.05, 3.63) is 109 Å². The van der Waals surface area contributed by atoms with Crippen molar-refractivity contribution >= 4 is 27.9 Å². The van der Waals surface area contributed by atoms with Crippen LogP contribution in [0.25, 0.3) is 33.2 Å².